The van der Waals surface area contributed by atoms with Crippen LogP contribution in [-0.2, 0) is 63.1 Å². The normalized spacial score (nSPS) is 18.5. The van der Waals surface area contributed by atoms with E-state index in [0.717, 1.165) is 42.8 Å². The maximum Gasteiger partial charge on any atom is 0.130 e. The molecule has 1 aliphatic heterocycles. The molecule has 8 aromatic rings. The van der Waals surface area contributed by atoms with Crippen molar-refractivity contribution in [2.75, 3.05) is 6.61 Å². The van der Waals surface area contributed by atoms with E-state index in [0.29, 0.717) is 43.1 Å². The summed E-state index contributed by atoms with van der Waals surface area (Å²) in [6.07, 6.45) is -3.08. The summed E-state index contributed by atoms with van der Waals surface area (Å²) in [4.78, 5) is 1.05. The largest absolute Gasteiger partial charge is 0.488 e. The predicted octanol–water partition coefficient (Wildman–Crippen LogP) is 12.6. The van der Waals surface area contributed by atoms with Crippen molar-refractivity contribution in [3.63, 3.8) is 0 Å². The lowest BCUT2D eigenvalue weighted by molar-refractivity contribution is -0.275. The van der Waals surface area contributed by atoms with Gasteiger partial charge in [0.25, 0.3) is 0 Å². The molecule has 6 nitrogen and oxygen atoms in total. The number of hydrogen-bond acceptors (Lipinski definition) is 7. The molecule has 0 spiro atoms. The lowest BCUT2D eigenvalue weighted by Gasteiger charge is -2.46. The lowest BCUT2D eigenvalue weighted by Crippen LogP contribution is -2.58. The van der Waals surface area contributed by atoms with Crippen molar-refractivity contribution in [3.05, 3.63) is 244 Å². The lowest BCUT2D eigenvalue weighted by atomic mass is 9.88. The van der Waals surface area contributed by atoms with Gasteiger partial charge in [0.15, 0.2) is 0 Å². The SMILES string of the molecule is Fc1cc(OCc2ccccc2)c([C@@H]2O[C@H](COCc3ccccc3)[C@@H](OCc3ccccc3)[C@H](OCc3ccccc3)[C@H]2OCc2ccccc2)cc1Cc1cc2ccccc2s1. The molecule has 0 saturated carbocycles. The molecule has 64 heavy (non-hydrogen) atoms. The summed E-state index contributed by atoms with van der Waals surface area (Å²) < 4.78 is 59.3. The van der Waals surface area contributed by atoms with Crippen LogP contribution >= 0.6 is 11.3 Å². The number of fused-ring (bicyclic) bond motifs is 1. The zero-order valence-corrected chi connectivity index (χ0v) is 36.4. The van der Waals surface area contributed by atoms with Crippen LogP contribution in [-0.4, -0.2) is 31.0 Å². The number of rotatable bonds is 19. The Hall–Kier alpha value is -5.97. The monoisotopic (exact) mass is 870 g/mol. The molecule has 5 atom stereocenters. The van der Waals surface area contributed by atoms with Gasteiger partial charge in [0.05, 0.1) is 33.0 Å². The van der Waals surface area contributed by atoms with Crippen molar-refractivity contribution < 1.29 is 32.8 Å². The van der Waals surface area contributed by atoms with Gasteiger partial charge in [-0.1, -0.05) is 170 Å². The molecule has 0 radical (unpaired) electrons. The highest BCUT2D eigenvalue weighted by Crippen LogP contribution is 2.43. The van der Waals surface area contributed by atoms with Crippen LogP contribution < -0.4 is 4.74 Å². The third-order valence-electron chi connectivity index (χ3n) is 11.4. The van der Waals surface area contributed by atoms with Gasteiger partial charge in [-0.05, 0) is 57.0 Å². The van der Waals surface area contributed by atoms with Crippen LogP contribution in [0.2, 0.25) is 0 Å². The molecule has 0 amide bonds. The number of benzene rings is 7. The Morgan fingerprint density at radius 1 is 0.484 bits per heavy atom. The molecule has 1 aromatic heterocycles. The minimum atomic E-state index is -0.793. The molecule has 2 heterocycles. The first-order chi connectivity index (χ1) is 31.6. The highest BCUT2D eigenvalue weighted by molar-refractivity contribution is 7.19. The summed E-state index contributed by atoms with van der Waals surface area (Å²) in [5.41, 5.74) is 6.19. The number of ether oxygens (including phenoxy) is 6. The molecular weight excluding hydrogens is 820 g/mol. The molecule has 0 N–H and O–H groups in total. The van der Waals surface area contributed by atoms with Crippen LogP contribution in [0.4, 0.5) is 4.39 Å². The quantitative estimate of drug-likeness (QED) is 0.0807. The molecular formula is C56H51FO6S. The minimum Gasteiger partial charge on any atom is -0.488 e. The Balaban J connectivity index is 1.15. The first kappa shape index (κ1) is 43.3. The van der Waals surface area contributed by atoms with Crippen LogP contribution in [0.15, 0.2) is 194 Å². The Bertz CT molecular complexity index is 2610. The Kier molecular flexibility index (Phi) is 14.6. The standard InChI is InChI=1S/C56H51FO6S/c57-49-33-50(59-35-41-20-8-2-9-21-41)48(32-46(49)31-47-30-45-28-16-17-29-52(45)64-47)53-55(61-37-43-24-12-4-13-25-43)56(62-38-44-26-14-5-15-27-44)54(60-36-42-22-10-3-11-23-42)51(63-53)39-58-34-40-18-6-1-7-19-40/h1-30,32-33,51,53-56H,31,34-39H2/t51-,53+,54-,55+,56+/m1/s1. The van der Waals surface area contributed by atoms with E-state index in [1.165, 1.54) is 6.07 Å². The van der Waals surface area contributed by atoms with Gasteiger partial charge in [-0.2, -0.15) is 0 Å². The predicted molar refractivity (Wildman–Crippen MR) is 251 cm³/mol. The van der Waals surface area contributed by atoms with Gasteiger partial charge in [-0.3, -0.25) is 0 Å². The van der Waals surface area contributed by atoms with Gasteiger partial charge in [0, 0.05) is 27.6 Å². The van der Waals surface area contributed by atoms with Crippen molar-refractivity contribution in [2.45, 2.75) is 70.0 Å². The van der Waals surface area contributed by atoms with Crippen molar-refractivity contribution >= 4 is 21.4 Å². The topological polar surface area (TPSA) is 55.4 Å². The van der Waals surface area contributed by atoms with Gasteiger partial charge < -0.3 is 28.4 Å². The second kappa shape index (κ2) is 21.6. The zero-order valence-electron chi connectivity index (χ0n) is 35.5. The maximum atomic E-state index is 16.6. The molecule has 0 aliphatic carbocycles. The fourth-order valence-electron chi connectivity index (χ4n) is 8.19. The number of halogens is 1. The van der Waals surface area contributed by atoms with E-state index in [2.05, 4.69) is 18.2 Å². The minimum absolute atomic E-state index is 0.192. The third-order valence-corrected chi connectivity index (χ3v) is 12.6. The van der Waals surface area contributed by atoms with E-state index in [9.17, 15) is 0 Å². The van der Waals surface area contributed by atoms with E-state index < -0.39 is 30.5 Å². The zero-order chi connectivity index (χ0) is 43.3. The van der Waals surface area contributed by atoms with E-state index in [1.54, 1.807) is 11.3 Å². The molecule has 9 rings (SSSR count). The van der Waals surface area contributed by atoms with Crippen molar-refractivity contribution in [1.82, 2.24) is 0 Å². The van der Waals surface area contributed by atoms with Crippen LogP contribution in [0.5, 0.6) is 5.75 Å². The molecule has 1 fully saturated rings. The fraction of sp³-hybridized carbons (Fsp3) is 0.214. The average molecular weight is 871 g/mol. The summed E-state index contributed by atoms with van der Waals surface area (Å²) in [6, 6.07) is 64.0. The molecule has 8 heteroatoms. The number of thiophene rings is 1. The summed E-state index contributed by atoms with van der Waals surface area (Å²) in [6.45, 7) is 1.68. The van der Waals surface area contributed by atoms with Crippen LogP contribution in [0.3, 0.4) is 0 Å². The van der Waals surface area contributed by atoms with E-state index in [4.69, 9.17) is 28.4 Å². The maximum absolute atomic E-state index is 16.6. The summed E-state index contributed by atoms with van der Waals surface area (Å²) >= 11 is 1.67. The third kappa shape index (κ3) is 11.2. The van der Waals surface area contributed by atoms with E-state index in [-0.39, 0.29) is 25.6 Å². The molecule has 0 unspecified atom stereocenters. The van der Waals surface area contributed by atoms with E-state index >= 15 is 4.39 Å². The summed E-state index contributed by atoms with van der Waals surface area (Å²) in [5.74, 6) is 0.0136. The summed E-state index contributed by atoms with van der Waals surface area (Å²) in [7, 11) is 0. The molecule has 7 aromatic carbocycles. The number of hydrogen-bond donors (Lipinski definition) is 0. The molecule has 1 saturated heterocycles. The van der Waals surface area contributed by atoms with Gasteiger partial charge in [0.1, 0.15) is 48.7 Å². The Labute approximate surface area is 378 Å². The summed E-state index contributed by atoms with van der Waals surface area (Å²) in [5, 5.41) is 1.13. The van der Waals surface area contributed by atoms with Gasteiger partial charge in [-0.25, -0.2) is 4.39 Å². The molecule has 324 valence electrons. The van der Waals surface area contributed by atoms with Crippen LogP contribution in [0.1, 0.15) is 49.9 Å². The van der Waals surface area contributed by atoms with Gasteiger partial charge in [0.2, 0.25) is 0 Å². The average Bonchev–Trinajstić information content (AvgIpc) is 3.76. The highest BCUT2D eigenvalue weighted by atomic mass is 32.1. The highest BCUT2D eigenvalue weighted by Gasteiger charge is 2.50. The van der Waals surface area contributed by atoms with Crippen LogP contribution in [0.25, 0.3) is 10.1 Å². The Morgan fingerprint density at radius 2 is 0.969 bits per heavy atom. The van der Waals surface area contributed by atoms with Crippen LogP contribution in [0, 0.1) is 5.82 Å². The molecule has 0 bridgehead atoms. The fourth-order valence-corrected chi connectivity index (χ4v) is 9.28. The van der Waals surface area contributed by atoms with Crippen molar-refractivity contribution in [3.8, 4) is 5.75 Å². The first-order valence-electron chi connectivity index (χ1n) is 21.8. The Morgan fingerprint density at radius 3 is 1.53 bits per heavy atom. The second-order valence-electron chi connectivity index (χ2n) is 16.1. The smallest absolute Gasteiger partial charge is 0.130 e. The van der Waals surface area contributed by atoms with Crippen molar-refractivity contribution in [2.24, 2.45) is 0 Å². The van der Waals surface area contributed by atoms with Gasteiger partial charge >= 0.3 is 0 Å². The van der Waals surface area contributed by atoms with E-state index in [1.807, 2.05) is 170 Å². The second-order valence-corrected chi connectivity index (χ2v) is 17.2. The van der Waals surface area contributed by atoms with Gasteiger partial charge in [-0.15, -0.1) is 11.3 Å². The van der Waals surface area contributed by atoms with Crippen molar-refractivity contribution in [1.29, 1.82) is 0 Å². The molecule has 1 aliphatic rings. The first-order valence-corrected chi connectivity index (χ1v) is 22.6.